The Morgan fingerprint density at radius 1 is 1.25 bits per heavy atom. The molecule has 0 aliphatic carbocycles. The highest BCUT2D eigenvalue weighted by atomic mass is 19.1. The average molecular weight is 279 g/mol. The lowest BCUT2D eigenvalue weighted by Crippen LogP contribution is -2.46. The van der Waals surface area contributed by atoms with E-state index in [4.69, 9.17) is 0 Å². The average Bonchev–Trinajstić information content (AvgIpc) is 2.48. The lowest BCUT2D eigenvalue weighted by Gasteiger charge is -2.31. The van der Waals surface area contributed by atoms with Crippen LogP contribution in [0.3, 0.4) is 0 Å². The fraction of sp³-hybridized carbons (Fsp3) is 0.625. The first-order valence-electron chi connectivity index (χ1n) is 7.53. The minimum absolute atomic E-state index is 0.159. The van der Waals surface area contributed by atoms with Gasteiger partial charge < -0.3 is 10.2 Å². The van der Waals surface area contributed by atoms with Crippen molar-refractivity contribution in [1.29, 1.82) is 0 Å². The lowest BCUT2D eigenvalue weighted by atomic mass is 10.1. The van der Waals surface area contributed by atoms with Gasteiger partial charge in [0, 0.05) is 45.3 Å². The van der Waals surface area contributed by atoms with Crippen LogP contribution >= 0.6 is 0 Å². The van der Waals surface area contributed by atoms with E-state index < -0.39 is 0 Å². The fourth-order valence-electron chi connectivity index (χ4n) is 2.57. The number of hydrogen-bond donors (Lipinski definition) is 1. The zero-order valence-corrected chi connectivity index (χ0v) is 12.6. The first kappa shape index (κ1) is 15.4. The van der Waals surface area contributed by atoms with Crippen molar-refractivity contribution >= 4 is 0 Å². The van der Waals surface area contributed by atoms with Crippen molar-refractivity contribution in [2.75, 3.05) is 46.3 Å². The molecule has 4 heteroatoms. The van der Waals surface area contributed by atoms with Crippen molar-refractivity contribution in [2.24, 2.45) is 0 Å². The van der Waals surface area contributed by atoms with Crippen LogP contribution in [0.1, 0.15) is 12.5 Å². The normalized spacial score (nSPS) is 18.4. The van der Waals surface area contributed by atoms with Crippen LogP contribution in [0, 0.1) is 5.82 Å². The van der Waals surface area contributed by atoms with Crippen LogP contribution in [0.4, 0.5) is 4.39 Å². The number of halogens is 1. The smallest absolute Gasteiger partial charge is 0.123 e. The molecule has 0 saturated carbocycles. The first-order valence-corrected chi connectivity index (χ1v) is 7.53. The summed E-state index contributed by atoms with van der Waals surface area (Å²) in [7, 11) is 2.18. The van der Waals surface area contributed by atoms with Crippen molar-refractivity contribution in [2.45, 2.75) is 19.4 Å². The Kier molecular flexibility index (Phi) is 5.95. The van der Waals surface area contributed by atoms with Crippen LogP contribution < -0.4 is 5.32 Å². The van der Waals surface area contributed by atoms with Gasteiger partial charge in [-0.15, -0.1) is 0 Å². The Morgan fingerprint density at radius 3 is 2.55 bits per heavy atom. The third-order valence-electron chi connectivity index (χ3n) is 4.18. The Labute approximate surface area is 121 Å². The molecule has 1 heterocycles. The van der Waals surface area contributed by atoms with Crippen molar-refractivity contribution in [1.82, 2.24) is 15.1 Å². The van der Waals surface area contributed by atoms with Crippen LogP contribution in [0.15, 0.2) is 24.3 Å². The van der Waals surface area contributed by atoms with Crippen LogP contribution in [-0.2, 0) is 6.42 Å². The highest BCUT2D eigenvalue weighted by Crippen LogP contribution is 2.09. The van der Waals surface area contributed by atoms with Gasteiger partial charge in [0.05, 0.1) is 0 Å². The second kappa shape index (κ2) is 7.72. The van der Waals surface area contributed by atoms with Gasteiger partial charge in [-0.25, -0.2) is 4.39 Å². The van der Waals surface area contributed by atoms with Gasteiger partial charge in [0.1, 0.15) is 5.82 Å². The largest absolute Gasteiger partial charge is 0.314 e. The molecular weight excluding hydrogens is 253 g/mol. The van der Waals surface area contributed by atoms with Crippen LogP contribution in [0.25, 0.3) is 0 Å². The summed E-state index contributed by atoms with van der Waals surface area (Å²) < 4.78 is 12.9. The number of likely N-dealkylation sites (N-methyl/N-ethyl adjacent to an activating group) is 1. The van der Waals surface area contributed by atoms with Gasteiger partial charge in [0.15, 0.2) is 0 Å². The summed E-state index contributed by atoms with van der Waals surface area (Å²) in [5, 5.41) is 3.38. The molecular formula is C16H26FN3. The molecule has 0 aromatic heterocycles. The Bertz CT molecular complexity index is 387. The van der Waals surface area contributed by atoms with E-state index in [0.717, 1.165) is 45.7 Å². The first-order chi connectivity index (χ1) is 9.65. The van der Waals surface area contributed by atoms with Crippen LogP contribution in [0.5, 0.6) is 0 Å². The maximum atomic E-state index is 12.9. The van der Waals surface area contributed by atoms with Gasteiger partial charge in [0.25, 0.3) is 0 Å². The predicted octanol–water partition coefficient (Wildman–Crippen LogP) is 1.59. The van der Waals surface area contributed by atoms with E-state index in [9.17, 15) is 4.39 Å². The lowest BCUT2D eigenvalue weighted by molar-refractivity contribution is 0.182. The number of nitrogens with one attached hydrogen (secondary N) is 1. The van der Waals surface area contributed by atoms with Crippen molar-refractivity contribution < 1.29 is 4.39 Å². The van der Waals surface area contributed by atoms with E-state index in [0.29, 0.717) is 6.04 Å². The SMILES string of the molecule is CC(Cc1ccc(F)cc1)N(C)CCN1CCNCC1. The third kappa shape index (κ3) is 4.85. The minimum Gasteiger partial charge on any atom is -0.314 e. The molecule has 1 fully saturated rings. The zero-order chi connectivity index (χ0) is 14.4. The molecule has 1 aromatic carbocycles. The standard InChI is InChI=1S/C16H26FN3/c1-14(13-15-3-5-16(17)6-4-15)19(2)11-12-20-9-7-18-8-10-20/h3-6,14,18H,7-13H2,1-2H3. The Morgan fingerprint density at radius 2 is 1.90 bits per heavy atom. The number of nitrogens with zero attached hydrogens (tertiary/aromatic N) is 2. The predicted molar refractivity (Wildman–Crippen MR) is 81.5 cm³/mol. The van der Waals surface area contributed by atoms with Crippen LogP contribution in [0.2, 0.25) is 0 Å². The van der Waals surface area contributed by atoms with Gasteiger partial charge in [-0.1, -0.05) is 12.1 Å². The van der Waals surface area contributed by atoms with Gasteiger partial charge in [-0.05, 0) is 38.1 Å². The summed E-state index contributed by atoms with van der Waals surface area (Å²) in [6.07, 6.45) is 0.971. The molecule has 1 N–H and O–H groups in total. The number of piperazine rings is 1. The fourth-order valence-corrected chi connectivity index (χ4v) is 2.57. The van der Waals surface area contributed by atoms with Gasteiger partial charge in [0.2, 0.25) is 0 Å². The van der Waals surface area contributed by atoms with E-state index >= 15 is 0 Å². The van der Waals surface area contributed by atoms with Crippen molar-refractivity contribution in [3.8, 4) is 0 Å². The van der Waals surface area contributed by atoms with E-state index in [1.54, 1.807) is 12.1 Å². The molecule has 1 atom stereocenters. The molecule has 1 aromatic rings. The maximum absolute atomic E-state index is 12.9. The molecule has 1 aliphatic heterocycles. The topological polar surface area (TPSA) is 18.5 Å². The summed E-state index contributed by atoms with van der Waals surface area (Å²) in [5.74, 6) is -0.159. The van der Waals surface area contributed by atoms with Gasteiger partial charge in [-0.3, -0.25) is 4.90 Å². The molecule has 112 valence electrons. The second-order valence-corrected chi connectivity index (χ2v) is 5.75. The monoisotopic (exact) mass is 279 g/mol. The summed E-state index contributed by atoms with van der Waals surface area (Å²) in [6.45, 7) is 8.97. The van der Waals surface area contributed by atoms with E-state index in [1.807, 2.05) is 12.1 Å². The molecule has 0 spiro atoms. The Hall–Kier alpha value is -0.970. The van der Waals surface area contributed by atoms with Crippen LogP contribution in [-0.4, -0.2) is 62.2 Å². The van der Waals surface area contributed by atoms with Gasteiger partial charge in [-0.2, -0.15) is 0 Å². The van der Waals surface area contributed by atoms with E-state index in [1.165, 1.54) is 5.56 Å². The third-order valence-corrected chi connectivity index (χ3v) is 4.18. The number of rotatable bonds is 6. The molecule has 2 rings (SSSR count). The van der Waals surface area contributed by atoms with E-state index in [-0.39, 0.29) is 5.82 Å². The number of hydrogen-bond acceptors (Lipinski definition) is 3. The summed E-state index contributed by atoms with van der Waals surface area (Å²) in [6, 6.07) is 7.33. The molecule has 1 saturated heterocycles. The zero-order valence-electron chi connectivity index (χ0n) is 12.6. The minimum atomic E-state index is -0.159. The highest BCUT2D eigenvalue weighted by molar-refractivity contribution is 5.17. The molecule has 1 aliphatic rings. The molecule has 3 nitrogen and oxygen atoms in total. The maximum Gasteiger partial charge on any atom is 0.123 e. The highest BCUT2D eigenvalue weighted by Gasteiger charge is 2.13. The van der Waals surface area contributed by atoms with Crippen molar-refractivity contribution in [3.63, 3.8) is 0 Å². The quantitative estimate of drug-likeness (QED) is 0.853. The summed E-state index contributed by atoms with van der Waals surface area (Å²) >= 11 is 0. The molecule has 20 heavy (non-hydrogen) atoms. The molecule has 0 radical (unpaired) electrons. The summed E-state index contributed by atoms with van der Waals surface area (Å²) in [4.78, 5) is 4.91. The van der Waals surface area contributed by atoms with E-state index in [2.05, 4.69) is 29.1 Å². The summed E-state index contributed by atoms with van der Waals surface area (Å²) in [5.41, 5.74) is 1.20. The van der Waals surface area contributed by atoms with Crippen molar-refractivity contribution in [3.05, 3.63) is 35.6 Å². The van der Waals surface area contributed by atoms with Gasteiger partial charge >= 0.3 is 0 Å². The Balaban J connectivity index is 1.73. The second-order valence-electron chi connectivity index (χ2n) is 5.75. The number of benzene rings is 1. The molecule has 0 amide bonds. The molecule has 1 unspecified atom stereocenters. The molecule has 0 bridgehead atoms.